The first kappa shape index (κ1) is 19.3. The van der Waals surface area contributed by atoms with Gasteiger partial charge in [0, 0.05) is 6.42 Å². The smallest absolute Gasteiger partial charge is 0.374 e. The van der Waals surface area contributed by atoms with Gasteiger partial charge in [-0.05, 0) is 32.3 Å². The molecule has 136 valence electrons. The summed E-state index contributed by atoms with van der Waals surface area (Å²) in [5.74, 6) is 4.95. The number of ether oxygens (including phenoxy) is 2. The molecular formula is C20H22N2O4. The van der Waals surface area contributed by atoms with E-state index in [0.29, 0.717) is 12.1 Å². The van der Waals surface area contributed by atoms with Gasteiger partial charge < -0.3 is 14.5 Å². The Kier molecular flexibility index (Phi) is 6.56. The Morgan fingerprint density at radius 3 is 2.62 bits per heavy atom. The Morgan fingerprint density at radius 1 is 1.19 bits per heavy atom. The van der Waals surface area contributed by atoms with E-state index in [1.54, 1.807) is 20.8 Å². The van der Waals surface area contributed by atoms with Crippen LogP contribution < -0.4 is 0 Å². The van der Waals surface area contributed by atoms with Crippen molar-refractivity contribution < 1.29 is 19.1 Å². The fraction of sp³-hybridized carbons (Fsp3) is 0.350. The Morgan fingerprint density at radius 2 is 1.92 bits per heavy atom. The summed E-state index contributed by atoms with van der Waals surface area (Å²) in [6.07, 6.45) is 2.02. The molecule has 0 saturated heterocycles. The summed E-state index contributed by atoms with van der Waals surface area (Å²) in [4.78, 5) is 30.3. The van der Waals surface area contributed by atoms with Crippen LogP contribution in [0.1, 0.15) is 55.5 Å². The van der Waals surface area contributed by atoms with Crippen molar-refractivity contribution in [1.82, 2.24) is 9.97 Å². The molecular weight excluding hydrogens is 332 g/mol. The van der Waals surface area contributed by atoms with E-state index < -0.39 is 11.6 Å². The van der Waals surface area contributed by atoms with Crippen LogP contribution in [0.2, 0.25) is 0 Å². The maximum absolute atomic E-state index is 11.9. The number of imidazole rings is 1. The van der Waals surface area contributed by atoms with E-state index in [9.17, 15) is 9.59 Å². The highest BCUT2D eigenvalue weighted by Gasteiger charge is 2.19. The lowest BCUT2D eigenvalue weighted by Crippen LogP contribution is -2.24. The lowest BCUT2D eigenvalue weighted by atomic mass is 10.2. The van der Waals surface area contributed by atoms with E-state index in [2.05, 4.69) is 21.8 Å². The maximum Gasteiger partial charge on any atom is 0.374 e. The first-order valence-electron chi connectivity index (χ1n) is 8.30. The zero-order valence-corrected chi connectivity index (χ0v) is 15.2. The Labute approximate surface area is 152 Å². The second-order valence-corrected chi connectivity index (χ2v) is 6.60. The fourth-order valence-corrected chi connectivity index (χ4v) is 1.95. The van der Waals surface area contributed by atoms with Crippen LogP contribution in [0.15, 0.2) is 36.5 Å². The number of hydrogen-bond donors (Lipinski definition) is 1. The number of aromatic nitrogens is 2. The summed E-state index contributed by atoms with van der Waals surface area (Å²) >= 11 is 0. The molecule has 1 heterocycles. The number of esters is 2. The van der Waals surface area contributed by atoms with E-state index >= 15 is 0 Å². The van der Waals surface area contributed by atoms with Crippen molar-refractivity contribution in [3.8, 4) is 11.8 Å². The third kappa shape index (κ3) is 6.81. The molecule has 1 aromatic heterocycles. The van der Waals surface area contributed by atoms with Crippen molar-refractivity contribution in [3.05, 3.63) is 53.6 Å². The van der Waals surface area contributed by atoms with Gasteiger partial charge in [0.2, 0.25) is 5.82 Å². The van der Waals surface area contributed by atoms with Gasteiger partial charge in [-0.25, -0.2) is 9.78 Å². The SMILES string of the molecule is CC(C)(C)OC(=O)c1ncc(C#CCCC(=O)OCc2ccccc2)[nH]1. The van der Waals surface area contributed by atoms with Crippen LogP contribution in [-0.2, 0) is 20.9 Å². The molecule has 0 bridgehead atoms. The number of benzene rings is 1. The molecule has 0 fully saturated rings. The standard InChI is InChI=1S/C20H22N2O4/c1-20(2,3)26-19(24)18-21-13-16(22-18)11-7-8-12-17(23)25-14-15-9-5-4-6-10-15/h4-6,9-10,13H,8,12,14H2,1-3H3,(H,21,22). The minimum absolute atomic E-state index is 0.103. The second-order valence-electron chi connectivity index (χ2n) is 6.60. The Bertz CT molecular complexity index is 808. The normalized spacial score (nSPS) is 10.6. The molecule has 0 aliphatic heterocycles. The molecule has 0 aliphatic rings. The molecule has 0 spiro atoms. The minimum Gasteiger partial charge on any atom is -0.461 e. The van der Waals surface area contributed by atoms with Crippen molar-refractivity contribution in [2.24, 2.45) is 0 Å². The largest absolute Gasteiger partial charge is 0.461 e. The molecule has 1 aromatic carbocycles. The first-order valence-corrected chi connectivity index (χ1v) is 8.30. The van der Waals surface area contributed by atoms with Crippen LogP contribution in [-0.4, -0.2) is 27.5 Å². The number of carbonyl (C=O) groups excluding carboxylic acids is 2. The van der Waals surface area contributed by atoms with Gasteiger partial charge in [0.1, 0.15) is 17.9 Å². The summed E-state index contributed by atoms with van der Waals surface area (Å²) in [5, 5.41) is 0. The molecule has 6 heteroatoms. The molecule has 0 radical (unpaired) electrons. The van der Waals surface area contributed by atoms with Crippen LogP contribution >= 0.6 is 0 Å². The Hall–Kier alpha value is -3.07. The minimum atomic E-state index is -0.587. The highest BCUT2D eigenvalue weighted by molar-refractivity contribution is 5.85. The highest BCUT2D eigenvalue weighted by atomic mass is 16.6. The number of carbonyl (C=O) groups is 2. The monoisotopic (exact) mass is 354 g/mol. The van der Waals surface area contributed by atoms with Crippen LogP contribution in [0.3, 0.4) is 0 Å². The average molecular weight is 354 g/mol. The zero-order valence-electron chi connectivity index (χ0n) is 15.2. The van der Waals surface area contributed by atoms with Crippen LogP contribution in [0.5, 0.6) is 0 Å². The molecule has 2 aromatic rings. The summed E-state index contributed by atoms with van der Waals surface area (Å²) in [7, 11) is 0. The summed E-state index contributed by atoms with van der Waals surface area (Å²) in [5.41, 5.74) is 0.845. The van der Waals surface area contributed by atoms with E-state index in [-0.39, 0.29) is 24.8 Å². The molecule has 2 rings (SSSR count). The van der Waals surface area contributed by atoms with Crippen LogP contribution in [0.4, 0.5) is 0 Å². The third-order valence-electron chi connectivity index (χ3n) is 3.09. The van der Waals surface area contributed by atoms with E-state index in [1.165, 1.54) is 6.20 Å². The maximum atomic E-state index is 11.9. The number of aromatic amines is 1. The quantitative estimate of drug-likeness (QED) is 0.658. The van der Waals surface area contributed by atoms with E-state index in [0.717, 1.165) is 5.56 Å². The fourth-order valence-electron chi connectivity index (χ4n) is 1.95. The van der Waals surface area contributed by atoms with Gasteiger partial charge in [-0.2, -0.15) is 0 Å². The number of nitrogens with zero attached hydrogens (tertiary/aromatic N) is 1. The van der Waals surface area contributed by atoms with E-state index in [1.807, 2.05) is 30.3 Å². The average Bonchev–Trinajstić information content (AvgIpc) is 3.05. The molecule has 6 nitrogen and oxygen atoms in total. The molecule has 0 unspecified atom stereocenters. The highest BCUT2D eigenvalue weighted by Crippen LogP contribution is 2.10. The topological polar surface area (TPSA) is 81.3 Å². The number of H-pyrrole nitrogens is 1. The second kappa shape index (κ2) is 8.86. The lowest BCUT2D eigenvalue weighted by molar-refractivity contribution is -0.144. The third-order valence-corrected chi connectivity index (χ3v) is 3.09. The molecule has 26 heavy (non-hydrogen) atoms. The summed E-state index contributed by atoms with van der Waals surface area (Å²) < 4.78 is 10.4. The van der Waals surface area contributed by atoms with Crippen molar-refractivity contribution in [2.75, 3.05) is 0 Å². The summed E-state index contributed by atoms with van der Waals surface area (Å²) in [6, 6.07) is 9.49. The molecule has 0 aliphatic carbocycles. The van der Waals surface area contributed by atoms with Crippen molar-refractivity contribution in [2.45, 2.75) is 45.8 Å². The first-order chi connectivity index (χ1) is 12.3. The number of rotatable bonds is 5. The lowest BCUT2D eigenvalue weighted by Gasteiger charge is -2.18. The molecule has 0 saturated carbocycles. The van der Waals surface area contributed by atoms with Crippen molar-refractivity contribution >= 4 is 11.9 Å². The van der Waals surface area contributed by atoms with Crippen molar-refractivity contribution in [3.63, 3.8) is 0 Å². The van der Waals surface area contributed by atoms with Crippen LogP contribution in [0.25, 0.3) is 0 Å². The van der Waals surface area contributed by atoms with Gasteiger partial charge in [-0.15, -0.1) is 0 Å². The van der Waals surface area contributed by atoms with Crippen LogP contribution in [0, 0.1) is 11.8 Å². The Balaban J connectivity index is 1.76. The van der Waals surface area contributed by atoms with Gasteiger partial charge in [-0.1, -0.05) is 36.3 Å². The summed E-state index contributed by atoms with van der Waals surface area (Å²) in [6.45, 7) is 5.61. The zero-order chi connectivity index (χ0) is 19.0. The van der Waals surface area contributed by atoms with Gasteiger partial charge in [0.25, 0.3) is 0 Å². The molecule has 0 atom stereocenters. The molecule has 1 N–H and O–H groups in total. The van der Waals surface area contributed by atoms with Gasteiger partial charge >= 0.3 is 11.9 Å². The number of hydrogen-bond acceptors (Lipinski definition) is 5. The van der Waals surface area contributed by atoms with Gasteiger partial charge in [-0.3, -0.25) is 4.79 Å². The number of nitrogens with one attached hydrogen (secondary N) is 1. The molecule has 0 amide bonds. The van der Waals surface area contributed by atoms with Gasteiger partial charge in [0.05, 0.1) is 12.6 Å². The predicted octanol–water partition coefficient (Wildman–Crippen LogP) is 3.24. The predicted molar refractivity (Wildman–Crippen MR) is 96.1 cm³/mol. The van der Waals surface area contributed by atoms with Crippen molar-refractivity contribution in [1.29, 1.82) is 0 Å². The van der Waals surface area contributed by atoms with E-state index in [4.69, 9.17) is 9.47 Å². The van der Waals surface area contributed by atoms with Gasteiger partial charge in [0.15, 0.2) is 0 Å².